The van der Waals surface area contributed by atoms with E-state index in [4.69, 9.17) is 11.6 Å². The summed E-state index contributed by atoms with van der Waals surface area (Å²) in [6.45, 7) is 5.62. The minimum atomic E-state index is -0.0530. The maximum Gasteiger partial charge on any atom is 0.156 e. The molecule has 0 amide bonds. The van der Waals surface area contributed by atoms with Crippen molar-refractivity contribution in [2.24, 2.45) is 0 Å². The summed E-state index contributed by atoms with van der Waals surface area (Å²) in [4.78, 5) is 23.6. The molecule has 19 heavy (non-hydrogen) atoms. The molecule has 0 aliphatic heterocycles. The molecule has 0 radical (unpaired) electrons. The van der Waals surface area contributed by atoms with E-state index in [1.165, 1.54) is 0 Å². The second kappa shape index (κ2) is 5.63. The Kier molecular flexibility index (Phi) is 4.11. The summed E-state index contributed by atoms with van der Waals surface area (Å²) in [6, 6.07) is -0.0530. The van der Waals surface area contributed by atoms with Crippen molar-refractivity contribution in [1.29, 1.82) is 0 Å². The Morgan fingerprint density at radius 2 is 2.11 bits per heavy atom. The van der Waals surface area contributed by atoms with Crippen LogP contribution in [0, 0.1) is 13.8 Å². The van der Waals surface area contributed by atoms with E-state index in [1.807, 2.05) is 19.2 Å². The first-order valence-electron chi connectivity index (χ1n) is 5.69. The third-order valence-electron chi connectivity index (χ3n) is 2.49. The van der Waals surface area contributed by atoms with Crippen molar-refractivity contribution in [3.8, 4) is 0 Å². The standard InChI is InChI=1S/C12H13ClN4OS/c1-6-5-19-12(14-6)7(2)15-11-9(4-18)10(13)16-8(3)17-11/h4-5,7H,1-3H3,(H,15,16,17). The van der Waals surface area contributed by atoms with Crippen molar-refractivity contribution in [3.05, 3.63) is 32.6 Å². The van der Waals surface area contributed by atoms with Gasteiger partial charge in [-0.3, -0.25) is 4.79 Å². The molecular formula is C12H13ClN4OS. The average Bonchev–Trinajstić information content (AvgIpc) is 2.75. The summed E-state index contributed by atoms with van der Waals surface area (Å²) in [5, 5.41) is 6.22. The maximum absolute atomic E-state index is 11.1. The van der Waals surface area contributed by atoms with E-state index in [9.17, 15) is 4.79 Å². The number of halogens is 1. The largest absolute Gasteiger partial charge is 0.360 e. The van der Waals surface area contributed by atoms with Gasteiger partial charge in [0.15, 0.2) is 6.29 Å². The van der Waals surface area contributed by atoms with E-state index in [1.54, 1.807) is 18.3 Å². The predicted octanol–water partition coefficient (Wildman–Crippen LogP) is 3.19. The average molecular weight is 297 g/mol. The third-order valence-corrected chi connectivity index (χ3v) is 3.92. The highest BCUT2D eigenvalue weighted by molar-refractivity contribution is 7.09. The minimum absolute atomic E-state index is 0.0530. The number of carbonyl (C=O) groups is 1. The molecule has 0 aromatic carbocycles. The number of nitrogens with zero attached hydrogens (tertiary/aromatic N) is 3. The zero-order chi connectivity index (χ0) is 14.0. The molecule has 1 N–H and O–H groups in total. The molecule has 0 spiro atoms. The van der Waals surface area contributed by atoms with E-state index >= 15 is 0 Å². The summed E-state index contributed by atoms with van der Waals surface area (Å²) in [5.74, 6) is 0.952. The van der Waals surface area contributed by atoms with Gasteiger partial charge < -0.3 is 5.32 Å². The van der Waals surface area contributed by atoms with Gasteiger partial charge in [0, 0.05) is 11.1 Å². The molecule has 1 unspecified atom stereocenters. The van der Waals surface area contributed by atoms with Crippen LogP contribution in [0.4, 0.5) is 5.82 Å². The summed E-state index contributed by atoms with van der Waals surface area (Å²) in [5.41, 5.74) is 1.24. The number of hydrogen-bond donors (Lipinski definition) is 1. The fraction of sp³-hybridized carbons (Fsp3) is 0.333. The number of aldehydes is 1. The van der Waals surface area contributed by atoms with Gasteiger partial charge in [0.25, 0.3) is 0 Å². The van der Waals surface area contributed by atoms with Crippen LogP contribution in [0.3, 0.4) is 0 Å². The van der Waals surface area contributed by atoms with Crippen molar-refractivity contribution in [1.82, 2.24) is 15.0 Å². The van der Waals surface area contributed by atoms with E-state index in [2.05, 4.69) is 20.3 Å². The van der Waals surface area contributed by atoms with Gasteiger partial charge in [0.2, 0.25) is 0 Å². The SMILES string of the molecule is Cc1csc(C(C)Nc2nc(C)nc(Cl)c2C=O)n1. The van der Waals surface area contributed by atoms with Crippen LogP contribution >= 0.6 is 22.9 Å². The molecule has 2 aromatic heterocycles. The maximum atomic E-state index is 11.1. The van der Waals surface area contributed by atoms with E-state index in [0.717, 1.165) is 10.7 Å². The van der Waals surface area contributed by atoms with Gasteiger partial charge in [-0.15, -0.1) is 11.3 Å². The van der Waals surface area contributed by atoms with Crippen LogP contribution in [-0.4, -0.2) is 21.2 Å². The number of carbonyl (C=O) groups excluding carboxylic acids is 1. The van der Waals surface area contributed by atoms with Crippen LogP contribution < -0.4 is 5.32 Å². The number of anilines is 1. The molecule has 2 rings (SSSR count). The number of rotatable bonds is 4. The molecule has 2 aromatic rings. The zero-order valence-corrected chi connectivity index (χ0v) is 12.3. The molecule has 7 heteroatoms. The molecule has 0 saturated carbocycles. The normalized spacial score (nSPS) is 12.2. The highest BCUT2D eigenvalue weighted by Crippen LogP contribution is 2.25. The Balaban J connectivity index is 2.30. The molecule has 0 aliphatic rings. The monoisotopic (exact) mass is 296 g/mol. The molecule has 0 bridgehead atoms. The lowest BCUT2D eigenvalue weighted by Crippen LogP contribution is -2.11. The van der Waals surface area contributed by atoms with Gasteiger partial charge in [0.1, 0.15) is 21.8 Å². The Hall–Kier alpha value is -1.53. The van der Waals surface area contributed by atoms with E-state index < -0.39 is 0 Å². The molecule has 0 fully saturated rings. The Bertz CT molecular complexity index is 614. The lowest BCUT2D eigenvalue weighted by atomic mass is 10.3. The fourth-order valence-corrected chi connectivity index (χ4v) is 2.66. The molecular weight excluding hydrogens is 284 g/mol. The lowest BCUT2D eigenvalue weighted by molar-refractivity contribution is 0.112. The zero-order valence-electron chi connectivity index (χ0n) is 10.8. The molecule has 100 valence electrons. The first kappa shape index (κ1) is 13.9. The van der Waals surface area contributed by atoms with Gasteiger partial charge >= 0.3 is 0 Å². The highest BCUT2D eigenvalue weighted by atomic mass is 35.5. The summed E-state index contributed by atoms with van der Waals surface area (Å²) < 4.78 is 0. The Morgan fingerprint density at radius 3 is 2.68 bits per heavy atom. The Labute approximate surface area is 120 Å². The van der Waals surface area contributed by atoms with Gasteiger partial charge in [-0.05, 0) is 20.8 Å². The van der Waals surface area contributed by atoms with Crippen LogP contribution in [0.2, 0.25) is 5.15 Å². The van der Waals surface area contributed by atoms with Crippen LogP contribution in [0.25, 0.3) is 0 Å². The summed E-state index contributed by atoms with van der Waals surface area (Å²) in [6.07, 6.45) is 0.657. The third kappa shape index (κ3) is 3.08. The van der Waals surface area contributed by atoms with Crippen molar-refractivity contribution in [2.75, 3.05) is 5.32 Å². The van der Waals surface area contributed by atoms with Crippen LogP contribution in [0.15, 0.2) is 5.38 Å². The molecule has 0 aliphatic carbocycles. The molecule has 2 heterocycles. The van der Waals surface area contributed by atoms with Crippen LogP contribution in [0.1, 0.15) is 39.8 Å². The summed E-state index contributed by atoms with van der Waals surface area (Å²) >= 11 is 7.49. The smallest absolute Gasteiger partial charge is 0.156 e. The fourth-order valence-electron chi connectivity index (χ4n) is 1.60. The Morgan fingerprint density at radius 1 is 1.37 bits per heavy atom. The molecule has 0 saturated heterocycles. The number of aromatic nitrogens is 3. The van der Waals surface area contributed by atoms with Gasteiger partial charge in [-0.1, -0.05) is 11.6 Å². The number of aryl methyl sites for hydroxylation is 2. The van der Waals surface area contributed by atoms with Crippen molar-refractivity contribution < 1.29 is 4.79 Å². The van der Waals surface area contributed by atoms with Gasteiger partial charge in [-0.2, -0.15) is 0 Å². The summed E-state index contributed by atoms with van der Waals surface area (Å²) in [7, 11) is 0. The van der Waals surface area contributed by atoms with Crippen molar-refractivity contribution >= 4 is 35.0 Å². The number of hydrogen-bond acceptors (Lipinski definition) is 6. The highest BCUT2D eigenvalue weighted by Gasteiger charge is 2.15. The van der Waals surface area contributed by atoms with E-state index in [0.29, 0.717) is 17.9 Å². The lowest BCUT2D eigenvalue weighted by Gasteiger charge is -2.14. The second-order valence-electron chi connectivity index (χ2n) is 4.13. The molecule has 5 nitrogen and oxygen atoms in total. The van der Waals surface area contributed by atoms with Gasteiger partial charge in [-0.25, -0.2) is 15.0 Å². The number of thiazole rings is 1. The quantitative estimate of drug-likeness (QED) is 0.693. The topological polar surface area (TPSA) is 67.8 Å². The first-order valence-corrected chi connectivity index (χ1v) is 6.95. The number of nitrogens with one attached hydrogen (secondary N) is 1. The first-order chi connectivity index (χ1) is 9.01. The van der Waals surface area contributed by atoms with Crippen LogP contribution in [-0.2, 0) is 0 Å². The van der Waals surface area contributed by atoms with Crippen LogP contribution in [0.5, 0.6) is 0 Å². The predicted molar refractivity (Wildman–Crippen MR) is 76.1 cm³/mol. The minimum Gasteiger partial charge on any atom is -0.360 e. The van der Waals surface area contributed by atoms with E-state index in [-0.39, 0.29) is 16.8 Å². The van der Waals surface area contributed by atoms with Crippen molar-refractivity contribution in [3.63, 3.8) is 0 Å². The van der Waals surface area contributed by atoms with Crippen molar-refractivity contribution in [2.45, 2.75) is 26.8 Å². The molecule has 1 atom stereocenters. The van der Waals surface area contributed by atoms with Gasteiger partial charge in [0.05, 0.1) is 11.6 Å². The second-order valence-corrected chi connectivity index (χ2v) is 5.38.